The van der Waals surface area contributed by atoms with Crippen LogP contribution in [0.1, 0.15) is 119 Å². The summed E-state index contributed by atoms with van der Waals surface area (Å²) in [6.45, 7) is 14.8. The lowest BCUT2D eigenvalue weighted by Gasteiger charge is -2.53. The van der Waals surface area contributed by atoms with Gasteiger partial charge in [-0.1, -0.05) is 50.1 Å². The Balaban J connectivity index is 1.79. The molecule has 0 aromatic rings. The van der Waals surface area contributed by atoms with Crippen LogP contribution >= 0.6 is 0 Å². The van der Waals surface area contributed by atoms with Crippen LogP contribution in [0.15, 0.2) is 34.9 Å². The lowest BCUT2D eigenvalue weighted by atomic mass is 9.68. The number of carbonyl (C=O) groups is 1. The maximum atomic E-state index is 10.8. The van der Waals surface area contributed by atoms with Gasteiger partial charge in [0.25, 0.3) is 0 Å². The molecule has 1 aliphatic carbocycles. The number of aliphatic carboxylic acids is 1. The third kappa shape index (κ3) is 7.55. The van der Waals surface area contributed by atoms with Crippen molar-refractivity contribution in [3.63, 3.8) is 0 Å². The van der Waals surface area contributed by atoms with Gasteiger partial charge < -0.3 is 19.7 Å². The number of allylic oxidation sites excluding steroid dienone is 4. The smallest absolute Gasteiger partial charge is 0.0961 e. The Morgan fingerprint density at radius 3 is 2.68 bits per heavy atom. The first kappa shape index (κ1) is 28.8. The Hall–Kier alpha value is -1.39. The highest BCUT2D eigenvalue weighted by Gasteiger charge is 2.49. The van der Waals surface area contributed by atoms with Gasteiger partial charge in [-0.05, 0) is 110 Å². The molecule has 0 radical (unpaired) electrons. The molecule has 5 unspecified atom stereocenters. The molecule has 1 aliphatic heterocycles. The molecule has 5 atom stereocenters. The van der Waals surface area contributed by atoms with Gasteiger partial charge >= 0.3 is 0 Å². The zero-order valence-corrected chi connectivity index (χ0v) is 22.8. The Morgan fingerprint density at radius 1 is 1.35 bits per heavy atom. The van der Waals surface area contributed by atoms with Crippen LogP contribution in [0.5, 0.6) is 0 Å². The Kier molecular flexibility index (Phi) is 10.2. The predicted octanol–water partition coefficient (Wildman–Crippen LogP) is 6.43. The van der Waals surface area contributed by atoms with Crippen LogP contribution in [0.25, 0.3) is 0 Å². The molecule has 0 spiro atoms. The first-order valence-electron chi connectivity index (χ1n) is 13.5. The van der Waals surface area contributed by atoms with Gasteiger partial charge in [0, 0.05) is 11.9 Å². The van der Waals surface area contributed by atoms with Crippen LogP contribution < -0.4 is 5.11 Å². The minimum absolute atomic E-state index is 0.0950. The summed E-state index contributed by atoms with van der Waals surface area (Å²) in [4.78, 5) is 10.8. The average molecular weight is 474 g/mol. The fourth-order valence-electron chi connectivity index (χ4n) is 5.79. The van der Waals surface area contributed by atoms with Gasteiger partial charge in [0.05, 0.1) is 16.8 Å². The van der Waals surface area contributed by atoms with Gasteiger partial charge in [0.2, 0.25) is 0 Å². The van der Waals surface area contributed by atoms with Crippen molar-refractivity contribution in [1.82, 2.24) is 0 Å². The van der Waals surface area contributed by atoms with Crippen molar-refractivity contribution in [3.8, 4) is 0 Å². The summed E-state index contributed by atoms with van der Waals surface area (Å²) >= 11 is 0. The second-order valence-electron chi connectivity index (χ2n) is 11.7. The summed E-state index contributed by atoms with van der Waals surface area (Å²) in [7, 11) is 0. The molecule has 1 heterocycles. The zero-order valence-electron chi connectivity index (χ0n) is 22.8. The molecule has 1 N–H and O–H groups in total. The molecule has 0 amide bonds. The highest BCUT2D eigenvalue weighted by molar-refractivity contribution is 5.66. The Morgan fingerprint density at radius 2 is 2.03 bits per heavy atom. The van der Waals surface area contributed by atoms with Crippen LogP contribution in [-0.4, -0.2) is 27.9 Å². The molecule has 194 valence electrons. The van der Waals surface area contributed by atoms with Gasteiger partial charge in [-0.15, -0.1) is 0 Å². The summed E-state index contributed by atoms with van der Waals surface area (Å²) in [6, 6.07) is 0. The molecule has 2 rings (SSSR count). The lowest BCUT2D eigenvalue weighted by Crippen LogP contribution is -2.53. The maximum absolute atomic E-state index is 10.8. The van der Waals surface area contributed by atoms with Crippen LogP contribution in [-0.2, 0) is 9.53 Å². The maximum Gasteiger partial charge on any atom is 0.0961 e. The number of hydrogen-bond acceptors (Lipinski definition) is 4. The molecule has 0 saturated carbocycles. The number of carboxylic acid groups (broad SMARTS) is 1. The van der Waals surface area contributed by atoms with E-state index >= 15 is 0 Å². The van der Waals surface area contributed by atoms with Gasteiger partial charge in [0.1, 0.15) is 0 Å². The molecule has 2 aliphatic rings. The van der Waals surface area contributed by atoms with E-state index in [9.17, 15) is 15.0 Å². The molecule has 4 heteroatoms. The number of hydrogen-bond donors (Lipinski definition) is 1. The summed E-state index contributed by atoms with van der Waals surface area (Å²) in [6.07, 6.45) is 16.7. The Bertz CT molecular complexity index is 790. The monoisotopic (exact) mass is 473 g/mol. The summed E-state index contributed by atoms with van der Waals surface area (Å²) in [5, 5.41) is 21.5. The Labute approximate surface area is 208 Å². The molecular weight excluding hydrogens is 424 g/mol. The summed E-state index contributed by atoms with van der Waals surface area (Å²) < 4.78 is 6.96. The first-order chi connectivity index (χ1) is 15.8. The van der Waals surface area contributed by atoms with Crippen molar-refractivity contribution in [1.29, 1.82) is 0 Å². The minimum atomic E-state index is -1.00. The number of carboxylic acids is 1. The normalized spacial score (nSPS) is 30.1. The fourth-order valence-corrected chi connectivity index (χ4v) is 5.79. The van der Waals surface area contributed by atoms with Crippen molar-refractivity contribution in [2.45, 2.75) is 136 Å². The molecule has 1 fully saturated rings. The van der Waals surface area contributed by atoms with Crippen molar-refractivity contribution in [3.05, 3.63) is 34.9 Å². The van der Waals surface area contributed by atoms with E-state index in [1.54, 1.807) is 6.92 Å². The summed E-state index contributed by atoms with van der Waals surface area (Å²) in [5.41, 5.74) is 3.28. The average Bonchev–Trinajstić information content (AvgIpc) is 2.76. The van der Waals surface area contributed by atoms with E-state index in [-0.39, 0.29) is 11.2 Å². The lowest BCUT2D eigenvalue weighted by molar-refractivity contribution is -0.311. The highest BCUT2D eigenvalue weighted by Crippen LogP contribution is 2.50. The van der Waals surface area contributed by atoms with E-state index in [4.69, 9.17) is 4.74 Å². The standard InChI is InChI=1S/C30H50O4/c1-8-30-25(5)23(3)15-16-26(30)17-21-29(7,34-30)20-10-13-22(2)12-9-18-28(6,33)19-11-14-24(4)27(31)32/h13,15-16,24-25,33H,8-12,14,17-21H2,1-7H3,(H,31,32)/p-1/b22-13+. The molecular formula is C30H49O4-. The molecule has 0 aromatic carbocycles. The van der Waals surface area contributed by atoms with E-state index < -0.39 is 17.5 Å². The number of aliphatic hydroxyl groups is 1. The van der Waals surface area contributed by atoms with E-state index in [0.29, 0.717) is 25.2 Å². The fraction of sp³-hybridized carbons (Fsp3) is 0.767. The van der Waals surface area contributed by atoms with Gasteiger partial charge in [-0.3, -0.25) is 0 Å². The van der Waals surface area contributed by atoms with Gasteiger partial charge in [-0.2, -0.15) is 0 Å². The predicted molar refractivity (Wildman–Crippen MR) is 138 cm³/mol. The number of ether oxygens (including phenoxy) is 1. The minimum Gasteiger partial charge on any atom is -0.550 e. The highest BCUT2D eigenvalue weighted by atomic mass is 16.5. The largest absolute Gasteiger partial charge is 0.550 e. The van der Waals surface area contributed by atoms with Gasteiger partial charge in [-0.25, -0.2) is 0 Å². The molecule has 0 aromatic heterocycles. The van der Waals surface area contributed by atoms with E-state index in [1.807, 2.05) is 6.92 Å². The second kappa shape index (κ2) is 12.0. The van der Waals surface area contributed by atoms with Crippen LogP contribution in [0.2, 0.25) is 0 Å². The number of fused-ring (bicyclic) bond motifs is 1. The number of rotatable bonds is 13. The topological polar surface area (TPSA) is 69.6 Å². The van der Waals surface area contributed by atoms with E-state index in [2.05, 4.69) is 52.8 Å². The van der Waals surface area contributed by atoms with Crippen molar-refractivity contribution >= 4 is 5.97 Å². The van der Waals surface area contributed by atoms with E-state index in [0.717, 1.165) is 51.4 Å². The molecule has 4 nitrogen and oxygen atoms in total. The quantitative estimate of drug-likeness (QED) is 0.313. The number of carbonyl (C=O) groups excluding carboxylic acids is 1. The zero-order chi connectivity index (χ0) is 25.6. The molecule has 0 bridgehead atoms. The van der Waals surface area contributed by atoms with Crippen molar-refractivity contribution in [2.24, 2.45) is 11.8 Å². The first-order valence-corrected chi connectivity index (χ1v) is 13.5. The SMILES string of the molecule is CCC12OC(C)(CC/C=C(\C)CCCC(C)(O)CCCC(C)C(=O)[O-])CCC1=CC=C(C)C2C. The summed E-state index contributed by atoms with van der Waals surface area (Å²) in [5.74, 6) is -1.03. The second-order valence-corrected chi connectivity index (χ2v) is 11.7. The van der Waals surface area contributed by atoms with Crippen molar-refractivity contribution < 1.29 is 19.7 Å². The third-order valence-corrected chi connectivity index (χ3v) is 8.56. The van der Waals surface area contributed by atoms with Crippen LogP contribution in [0.4, 0.5) is 0 Å². The van der Waals surface area contributed by atoms with Gasteiger partial charge in [0.15, 0.2) is 0 Å². The van der Waals surface area contributed by atoms with E-state index in [1.165, 1.54) is 16.7 Å². The third-order valence-electron chi connectivity index (χ3n) is 8.56. The van der Waals surface area contributed by atoms with Crippen LogP contribution in [0.3, 0.4) is 0 Å². The van der Waals surface area contributed by atoms with Crippen LogP contribution in [0, 0.1) is 11.8 Å². The molecule has 1 saturated heterocycles. The van der Waals surface area contributed by atoms with Crippen molar-refractivity contribution in [2.75, 3.05) is 0 Å². The molecule has 34 heavy (non-hydrogen) atoms.